The van der Waals surface area contributed by atoms with Crippen molar-refractivity contribution in [3.63, 3.8) is 0 Å². The molecule has 0 aromatic carbocycles. The third-order valence-corrected chi connectivity index (χ3v) is 2.91. The Morgan fingerprint density at radius 3 is 2.71 bits per heavy atom. The van der Waals surface area contributed by atoms with E-state index in [2.05, 4.69) is 5.32 Å². The zero-order valence-electron chi connectivity index (χ0n) is 11.1. The van der Waals surface area contributed by atoms with E-state index in [4.69, 9.17) is 4.74 Å². The standard InChI is InChI=1S/C12H22N2O3/c1-9-7-14(12(3,4)8-17-9)11(16)5-6-13-10(2)15/h9H,5-8H2,1-4H3,(H,13,15). The van der Waals surface area contributed by atoms with E-state index in [0.29, 0.717) is 26.1 Å². The maximum atomic E-state index is 12.1. The second-order valence-electron chi connectivity index (χ2n) is 5.17. The summed E-state index contributed by atoms with van der Waals surface area (Å²) in [6.07, 6.45) is 0.420. The highest BCUT2D eigenvalue weighted by Gasteiger charge is 2.36. The maximum absolute atomic E-state index is 12.1. The molecule has 0 aliphatic carbocycles. The summed E-state index contributed by atoms with van der Waals surface area (Å²) in [5.74, 6) is -0.0358. The lowest BCUT2D eigenvalue weighted by molar-refractivity contribution is -0.152. The number of amides is 2. The molecule has 0 radical (unpaired) electrons. The van der Waals surface area contributed by atoms with Gasteiger partial charge in [0, 0.05) is 26.4 Å². The smallest absolute Gasteiger partial charge is 0.224 e. The van der Waals surface area contributed by atoms with Crippen LogP contribution in [0.25, 0.3) is 0 Å². The lowest BCUT2D eigenvalue weighted by Crippen LogP contribution is -2.58. The second-order valence-corrected chi connectivity index (χ2v) is 5.17. The fourth-order valence-electron chi connectivity index (χ4n) is 1.90. The SMILES string of the molecule is CC(=O)NCCC(=O)N1CC(C)OCC1(C)C. The zero-order chi connectivity index (χ0) is 13.1. The molecule has 5 heteroatoms. The lowest BCUT2D eigenvalue weighted by Gasteiger charge is -2.44. The largest absolute Gasteiger partial charge is 0.374 e. The summed E-state index contributed by atoms with van der Waals surface area (Å²) in [7, 11) is 0. The van der Waals surface area contributed by atoms with E-state index in [1.165, 1.54) is 6.92 Å². The first kappa shape index (κ1) is 14.0. The Hall–Kier alpha value is -1.10. The van der Waals surface area contributed by atoms with Gasteiger partial charge in [-0.2, -0.15) is 0 Å². The average Bonchev–Trinajstić information content (AvgIpc) is 2.21. The number of nitrogens with zero attached hydrogens (tertiary/aromatic N) is 1. The lowest BCUT2D eigenvalue weighted by atomic mass is 10.0. The molecule has 2 amide bonds. The van der Waals surface area contributed by atoms with Gasteiger partial charge in [0.25, 0.3) is 0 Å². The van der Waals surface area contributed by atoms with Crippen molar-refractivity contribution in [3.05, 3.63) is 0 Å². The van der Waals surface area contributed by atoms with Crippen LogP contribution in [0.15, 0.2) is 0 Å². The van der Waals surface area contributed by atoms with Crippen molar-refractivity contribution >= 4 is 11.8 Å². The fraction of sp³-hybridized carbons (Fsp3) is 0.833. The monoisotopic (exact) mass is 242 g/mol. The summed E-state index contributed by atoms with van der Waals surface area (Å²) < 4.78 is 5.55. The van der Waals surface area contributed by atoms with Crippen molar-refractivity contribution in [3.8, 4) is 0 Å². The van der Waals surface area contributed by atoms with Gasteiger partial charge >= 0.3 is 0 Å². The van der Waals surface area contributed by atoms with Gasteiger partial charge in [-0.1, -0.05) is 0 Å². The Morgan fingerprint density at radius 2 is 2.12 bits per heavy atom. The topological polar surface area (TPSA) is 58.6 Å². The van der Waals surface area contributed by atoms with Crippen molar-refractivity contribution in [2.75, 3.05) is 19.7 Å². The van der Waals surface area contributed by atoms with Gasteiger partial charge in [0.15, 0.2) is 0 Å². The summed E-state index contributed by atoms with van der Waals surface area (Å²) in [5, 5.41) is 2.64. The third-order valence-electron chi connectivity index (χ3n) is 2.91. The number of hydrogen-bond donors (Lipinski definition) is 1. The van der Waals surface area contributed by atoms with Crippen LogP contribution < -0.4 is 5.32 Å². The van der Waals surface area contributed by atoms with Gasteiger partial charge in [-0.05, 0) is 20.8 Å². The Morgan fingerprint density at radius 1 is 1.47 bits per heavy atom. The number of rotatable bonds is 3. The summed E-state index contributed by atoms with van der Waals surface area (Å²) in [6.45, 7) is 8.97. The average molecular weight is 242 g/mol. The first-order valence-electron chi connectivity index (χ1n) is 5.99. The first-order valence-corrected chi connectivity index (χ1v) is 5.99. The predicted molar refractivity (Wildman–Crippen MR) is 64.5 cm³/mol. The maximum Gasteiger partial charge on any atom is 0.224 e. The van der Waals surface area contributed by atoms with Crippen LogP contribution in [0.2, 0.25) is 0 Å². The van der Waals surface area contributed by atoms with E-state index in [1.54, 1.807) is 0 Å². The van der Waals surface area contributed by atoms with Crippen LogP contribution in [0, 0.1) is 0 Å². The van der Waals surface area contributed by atoms with Crippen molar-refractivity contribution < 1.29 is 14.3 Å². The molecule has 1 aliphatic heterocycles. The Kier molecular flexibility index (Phi) is 4.51. The zero-order valence-corrected chi connectivity index (χ0v) is 11.1. The molecule has 0 bridgehead atoms. The minimum absolute atomic E-state index is 0.0684. The summed E-state index contributed by atoms with van der Waals surface area (Å²) >= 11 is 0. The molecule has 1 aliphatic rings. The van der Waals surface area contributed by atoms with Crippen molar-refractivity contribution in [2.24, 2.45) is 0 Å². The number of hydrogen-bond acceptors (Lipinski definition) is 3. The molecule has 1 unspecified atom stereocenters. The number of carbonyl (C=O) groups excluding carboxylic acids is 2. The summed E-state index contributed by atoms with van der Waals surface area (Å²) in [5.41, 5.74) is -0.264. The molecule has 17 heavy (non-hydrogen) atoms. The van der Waals surface area contributed by atoms with Gasteiger partial charge in [0.05, 0.1) is 18.2 Å². The molecule has 0 saturated carbocycles. The van der Waals surface area contributed by atoms with Gasteiger partial charge < -0.3 is 15.0 Å². The number of morpholine rings is 1. The van der Waals surface area contributed by atoms with Crippen molar-refractivity contribution in [1.29, 1.82) is 0 Å². The second kappa shape index (κ2) is 5.49. The fourth-order valence-corrected chi connectivity index (χ4v) is 1.90. The van der Waals surface area contributed by atoms with Gasteiger partial charge in [-0.15, -0.1) is 0 Å². The highest BCUT2D eigenvalue weighted by atomic mass is 16.5. The number of nitrogens with one attached hydrogen (secondary N) is 1. The molecular formula is C12H22N2O3. The Balaban J connectivity index is 2.50. The highest BCUT2D eigenvalue weighted by molar-refractivity contribution is 5.78. The molecule has 1 saturated heterocycles. The Bertz CT molecular complexity index is 302. The van der Waals surface area contributed by atoms with E-state index >= 15 is 0 Å². The van der Waals surface area contributed by atoms with E-state index in [9.17, 15) is 9.59 Å². The molecule has 0 aromatic heterocycles. The van der Waals surface area contributed by atoms with E-state index in [0.717, 1.165) is 0 Å². The molecule has 1 N–H and O–H groups in total. The van der Waals surface area contributed by atoms with Crippen LogP contribution in [-0.4, -0.2) is 48.1 Å². The minimum Gasteiger partial charge on any atom is -0.374 e. The summed E-state index contributed by atoms with van der Waals surface area (Å²) in [4.78, 5) is 24.6. The van der Waals surface area contributed by atoms with Crippen molar-refractivity contribution in [1.82, 2.24) is 10.2 Å². The highest BCUT2D eigenvalue weighted by Crippen LogP contribution is 2.22. The Labute approximate surface area is 102 Å². The molecule has 1 fully saturated rings. The van der Waals surface area contributed by atoms with Crippen LogP contribution in [0.5, 0.6) is 0 Å². The van der Waals surface area contributed by atoms with Gasteiger partial charge in [-0.3, -0.25) is 9.59 Å². The molecule has 1 heterocycles. The molecule has 1 rings (SSSR count). The minimum atomic E-state index is -0.264. The molecule has 98 valence electrons. The van der Waals surface area contributed by atoms with Gasteiger partial charge in [0.1, 0.15) is 0 Å². The summed E-state index contributed by atoms with van der Waals surface area (Å²) in [6, 6.07) is 0. The van der Waals surface area contributed by atoms with Crippen LogP contribution >= 0.6 is 0 Å². The number of carbonyl (C=O) groups is 2. The first-order chi connectivity index (χ1) is 7.83. The van der Waals surface area contributed by atoms with Crippen LogP contribution in [0.3, 0.4) is 0 Å². The quantitative estimate of drug-likeness (QED) is 0.785. The van der Waals surface area contributed by atoms with Crippen molar-refractivity contribution in [2.45, 2.75) is 45.8 Å². The van der Waals surface area contributed by atoms with Crippen LogP contribution in [0.4, 0.5) is 0 Å². The van der Waals surface area contributed by atoms with E-state index in [-0.39, 0.29) is 23.5 Å². The molecular weight excluding hydrogens is 220 g/mol. The van der Waals surface area contributed by atoms with Gasteiger partial charge in [-0.25, -0.2) is 0 Å². The van der Waals surface area contributed by atoms with Gasteiger partial charge in [0.2, 0.25) is 11.8 Å². The number of ether oxygens (including phenoxy) is 1. The molecule has 0 aromatic rings. The third kappa shape index (κ3) is 4.00. The molecule has 1 atom stereocenters. The molecule has 0 spiro atoms. The predicted octanol–water partition coefficient (Wildman–Crippen LogP) is 0.539. The van der Waals surface area contributed by atoms with Crippen LogP contribution in [0.1, 0.15) is 34.1 Å². The molecule has 5 nitrogen and oxygen atoms in total. The van der Waals surface area contributed by atoms with E-state index in [1.807, 2.05) is 25.7 Å². The van der Waals surface area contributed by atoms with Crippen LogP contribution in [-0.2, 0) is 14.3 Å². The normalized spacial score (nSPS) is 23.3. The van der Waals surface area contributed by atoms with E-state index < -0.39 is 0 Å².